The van der Waals surface area contributed by atoms with Crippen LogP contribution in [0, 0.1) is 5.92 Å². The zero-order valence-electron chi connectivity index (χ0n) is 10.0. The van der Waals surface area contributed by atoms with Crippen molar-refractivity contribution in [3.8, 4) is 0 Å². The Balaban J connectivity index is 2.58. The molecule has 3 N–H and O–H groups in total. The number of nitrogens with two attached hydrogens (primary N) is 1. The van der Waals surface area contributed by atoms with Crippen molar-refractivity contribution in [2.75, 3.05) is 19.6 Å². The van der Waals surface area contributed by atoms with E-state index < -0.39 is 5.91 Å². The molecule has 1 atom stereocenters. The van der Waals surface area contributed by atoms with Gasteiger partial charge in [0.1, 0.15) is 0 Å². The molecule has 0 bridgehead atoms. The van der Waals surface area contributed by atoms with Gasteiger partial charge in [-0.05, 0) is 25.3 Å². The van der Waals surface area contributed by atoms with E-state index >= 15 is 0 Å². The van der Waals surface area contributed by atoms with Gasteiger partial charge in [-0.3, -0.25) is 9.59 Å². The van der Waals surface area contributed by atoms with Gasteiger partial charge in [-0.1, -0.05) is 13.8 Å². The zero-order chi connectivity index (χ0) is 12.1. The molecule has 0 aromatic carbocycles. The third kappa shape index (κ3) is 3.81. The second kappa shape index (κ2) is 5.84. The Morgan fingerprint density at radius 1 is 1.50 bits per heavy atom. The van der Waals surface area contributed by atoms with Crippen LogP contribution < -0.4 is 11.1 Å². The maximum absolute atomic E-state index is 12.1. The molecule has 1 rings (SSSR count). The monoisotopic (exact) mass is 227 g/mol. The van der Waals surface area contributed by atoms with Crippen LogP contribution >= 0.6 is 0 Å². The fourth-order valence-electron chi connectivity index (χ4n) is 1.98. The number of hydrogen-bond donors (Lipinski definition) is 2. The van der Waals surface area contributed by atoms with E-state index in [9.17, 15) is 9.59 Å². The van der Waals surface area contributed by atoms with E-state index in [1.807, 2.05) is 13.8 Å². The summed E-state index contributed by atoms with van der Waals surface area (Å²) in [5.41, 5.74) is 5.15. The van der Waals surface area contributed by atoms with E-state index in [0.717, 1.165) is 19.4 Å². The van der Waals surface area contributed by atoms with Gasteiger partial charge in [0, 0.05) is 6.54 Å². The minimum atomic E-state index is -0.452. The molecule has 0 unspecified atom stereocenters. The Kier molecular flexibility index (Phi) is 4.73. The SMILES string of the molecule is CC(C)CN(CC(N)=O)C(=O)[C@@H]1CCCN1. The highest BCUT2D eigenvalue weighted by molar-refractivity contribution is 5.87. The summed E-state index contributed by atoms with van der Waals surface area (Å²) in [4.78, 5) is 24.6. The summed E-state index contributed by atoms with van der Waals surface area (Å²) in [5, 5.41) is 3.14. The quantitative estimate of drug-likeness (QED) is 0.677. The molecule has 5 nitrogen and oxygen atoms in total. The summed E-state index contributed by atoms with van der Waals surface area (Å²) in [6.07, 6.45) is 1.87. The third-order valence-corrected chi connectivity index (χ3v) is 2.60. The van der Waals surface area contributed by atoms with Crippen LogP contribution in [-0.2, 0) is 9.59 Å². The molecule has 92 valence electrons. The van der Waals surface area contributed by atoms with Crippen molar-refractivity contribution in [3.63, 3.8) is 0 Å². The van der Waals surface area contributed by atoms with Crippen LogP contribution in [0.15, 0.2) is 0 Å². The number of nitrogens with one attached hydrogen (secondary N) is 1. The lowest BCUT2D eigenvalue weighted by molar-refractivity contribution is -0.137. The van der Waals surface area contributed by atoms with Gasteiger partial charge in [0.2, 0.25) is 11.8 Å². The van der Waals surface area contributed by atoms with Crippen LogP contribution in [0.25, 0.3) is 0 Å². The summed E-state index contributed by atoms with van der Waals surface area (Å²) >= 11 is 0. The fourth-order valence-corrected chi connectivity index (χ4v) is 1.98. The molecule has 0 saturated carbocycles. The van der Waals surface area contributed by atoms with Crippen molar-refractivity contribution in [1.82, 2.24) is 10.2 Å². The van der Waals surface area contributed by atoms with Crippen LogP contribution in [0.2, 0.25) is 0 Å². The predicted octanol–water partition coefficient (Wildman–Crippen LogP) is -0.292. The standard InChI is InChI=1S/C11H21N3O2/c1-8(2)6-14(7-10(12)15)11(16)9-4-3-5-13-9/h8-9,13H,3-7H2,1-2H3,(H2,12,15)/t9-/m0/s1. The molecule has 0 aromatic heterocycles. The van der Waals surface area contributed by atoms with E-state index in [-0.39, 0.29) is 18.5 Å². The Labute approximate surface area is 96.4 Å². The third-order valence-electron chi connectivity index (χ3n) is 2.60. The molecular formula is C11H21N3O2. The number of carbonyl (C=O) groups is 2. The molecule has 1 saturated heterocycles. The molecule has 1 heterocycles. The molecular weight excluding hydrogens is 206 g/mol. The first-order chi connectivity index (χ1) is 7.50. The van der Waals surface area contributed by atoms with Gasteiger partial charge >= 0.3 is 0 Å². The van der Waals surface area contributed by atoms with Crippen LogP contribution in [0.3, 0.4) is 0 Å². The van der Waals surface area contributed by atoms with Crippen molar-refractivity contribution >= 4 is 11.8 Å². The normalized spacial score (nSPS) is 20.1. The lowest BCUT2D eigenvalue weighted by Gasteiger charge is -2.26. The molecule has 2 amide bonds. The minimum absolute atomic E-state index is 0.00463. The van der Waals surface area contributed by atoms with Gasteiger partial charge in [-0.15, -0.1) is 0 Å². The van der Waals surface area contributed by atoms with E-state index in [2.05, 4.69) is 5.32 Å². The van der Waals surface area contributed by atoms with E-state index in [0.29, 0.717) is 12.5 Å². The fraction of sp³-hybridized carbons (Fsp3) is 0.818. The predicted molar refractivity (Wildman–Crippen MR) is 61.6 cm³/mol. The van der Waals surface area contributed by atoms with Gasteiger partial charge in [0.25, 0.3) is 0 Å². The Morgan fingerprint density at radius 3 is 2.62 bits per heavy atom. The van der Waals surface area contributed by atoms with Crippen LogP contribution in [0.4, 0.5) is 0 Å². The number of carbonyl (C=O) groups excluding carboxylic acids is 2. The number of amides is 2. The summed E-state index contributed by atoms with van der Waals surface area (Å²) < 4.78 is 0. The Bertz CT molecular complexity index is 260. The zero-order valence-corrected chi connectivity index (χ0v) is 10.0. The molecule has 16 heavy (non-hydrogen) atoms. The molecule has 1 aliphatic heterocycles. The molecule has 0 radical (unpaired) electrons. The van der Waals surface area contributed by atoms with E-state index in [1.54, 1.807) is 4.90 Å². The van der Waals surface area contributed by atoms with E-state index in [1.165, 1.54) is 0 Å². The highest BCUT2D eigenvalue weighted by Crippen LogP contribution is 2.10. The average Bonchev–Trinajstić information content (AvgIpc) is 2.66. The molecule has 5 heteroatoms. The van der Waals surface area contributed by atoms with Gasteiger partial charge in [0.05, 0.1) is 12.6 Å². The van der Waals surface area contributed by atoms with Crippen LogP contribution in [0.1, 0.15) is 26.7 Å². The number of primary amides is 1. The number of hydrogen-bond acceptors (Lipinski definition) is 3. The number of rotatable bonds is 5. The maximum atomic E-state index is 12.1. The first-order valence-corrected chi connectivity index (χ1v) is 5.81. The maximum Gasteiger partial charge on any atom is 0.240 e. The summed E-state index contributed by atoms with van der Waals surface area (Å²) in [5.74, 6) is -0.110. The van der Waals surface area contributed by atoms with Crippen molar-refractivity contribution in [3.05, 3.63) is 0 Å². The second-order valence-electron chi connectivity index (χ2n) is 4.73. The van der Waals surface area contributed by atoms with Crippen molar-refractivity contribution < 1.29 is 9.59 Å². The van der Waals surface area contributed by atoms with Gasteiger partial charge in [-0.2, -0.15) is 0 Å². The van der Waals surface area contributed by atoms with Crippen molar-refractivity contribution in [1.29, 1.82) is 0 Å². The summed E-state index contributed by atoms with van der Waals surface area (Å²) in [7, 11) is 0. The smallest absolute Gasteiger partial charge is 0.240 e. The highest BCUT2D eigenvalue weighted by Gasteiger charge is 2.27. The summed E-state index contributed by atoms with van der Waals surface area (Å²) in [6, 6.07) is -0.127. The van der Waals surface area contributed by atoms with Gasteiger partial charge in [-0.25, -0.2) is 0 Å². The molecule has 1 aliphatic rings. The van der Waals surface area contributed by atoms with Crippen LogP contribution in [0.5, 0.6) is 0 Å². The molecule has 0 aromatic rings. The lowest BCUT2D eigenvalue weighted by atomic mass is 10.1. The van der Waals surface area contributed by atoms with Crippen LogP contribution in [-0.4, -0.2) is 42.4 Å². The number of nitrogens with zero attached hydrogens (tertiary/aromatic N) is 1. The highest BCUT2D eigenvalue weighted by atomic mass is 16.2. The first-order valence-electron chi connectivity index (χ1n) is 5.81. The molecule has 0 spiro atoms. The summed E-state index contributed by atoms with van der Waals surface area (Å²) in [6.45, 7) is 5.52. The van der Waals surface area contributed by atoms with E-state index in [4.69, 9.17) is 5.73 Å². The van der Waals surface area contributed by atoms with Gasteiger partial charge < -0.3 is 16.0 Å². The van der Waals surface area contributed by atoms with Gasteiger partial charge in [0.15, 0.2) is 0 Å². The van der Waals surface area contributed by atoms with Crippen molar-refractivity contribution in [2.24, 2.45) is 11.7 Å². The minimum Gasteiger partial charge on any atom is -0.368 e. The first kappa shape index (κ1) is 13.0. The molecule has 0 aliphatic carbocycles. The lowest BCUT2D eigenvalue weighted by Crippen LogP contribution is -2.48. The topological polar surface area (TPSA) is 75.4 Å². The Morgan fingerprint density at radius 2 is 2.19 bits per heavy atom. The molecule has 1 fully saturated rings. The van der Waals surface area contributed by atoms with Crippen molar-refractivity contribution in [2.45, 2.75) is 32.7 Å². The largest absolute Gasteiger partial charge is 0.368 e. The second-order valence-corrected chi connectivity index (χ2v) is 4.73. The average molecular weight is 227 g/mol. The Hall–Kier alpha value is -1.10.